The van der Waals surface area contributed by atoms with Crippen molar-refractivity contribution in [3.8, 4) is 17.2 Å². The summed E-state index contributed by atoms with van der Waals surface area (Å²) >= 11 is 0.805. The van der Waals surface area contributed by atoms with E-state index in [1.165, 1.54) is 31.4 Å². The molecule has 1 heterocycles. The molecule has 0 unspecified atom stereocenters. The highest BCUT2D eigenvalue weighted by Gasteiger charge is 2.34. The maximum absolute atomic E-state index is 12.7. The molecule has 0 radical (unpaired) electrons. The van der Waals surface area contributed by atoms with E-state index in [1.54, 1.807) is 24.3 Å². The monoisotopic (exact) mass is 492 g/mol. The van der Waals surface area contributed by atoms with Crippen molar-refractivity contribution in [2.75, 3.05) is 26.8 Å². The molecule has 3 rings (SSSR count). The summed E-state index contributed by atoms with van der Waals surface area (Å²) in [6.45, 7) is -0.622. The van der Waals surface area contributed by atoms with Crippen molar-refractivity contribution in [1.82, 2.24) is 10.2 Å². The van der Waals surface area contributed by atoms with Gasteiger partial charge in [0.25, 0.3) is 17.1 Å². The van der Waals surface area contributed by atoms with Crippen molar-refractivity contribution in [2.45, 2.75) is 13.5 Å². The van der Waals surface area contributed by atoms with Gasteiger partial charge in [0.15, 0.2) is 11.5 Å². The van der Waals surface area contributed by atoms with Crippen LogP contribution in [0.1, 0.15) is 22.8 Å². The molecular weight excluding hydrogens is 470 g/mol. The summed E-state index contributed by atoms with van der Waals surface area (Å²) in [4.78, 5) is 38.5. The molecule has 1 aliphatic heterocycles. The molecule has 34 heavy (non-hydrogen) atoms. The van der Waals surface area contributed by atoms with Crippen molar-refractivity contribution in [2.24, 2.45) is 0 Å². The number of ether oxygens (including phenoxy) is 3. The molecule has 2 aromatic carbocycles. The van der Waals surface area contributed by atoms with E-state index in [0.29, 0.717) is 23.7 Å². The molecule has 1 N–H and O–H groups in total. The molecule has 0 aromatic heterocycles. The number of halogens is 2. The first-order valence-electron chi connectivity index (χ1n) is 10.2. The molecule has 1 saturated heterocycles. The minimum Gasteiger partial charge on any atom is -0.493 e. The third-order valence-corrected chi connectivity index (χ3v) is 5.53. The third-order valence-electron chi connectivity index (χ3n) is 4.62. The van der Waals surface area contributed by atoms with Gasteiger partial charge in [0.1, 0.15) is 5.75 Å². The first kappa shape index (κ1) is 25.0. The van der Waals surface area contributed by atoms with Gasteiger partial charge in [-0.3, -0.25) is 19.3 Å². The number of carbonyl (C=O) groups is 3. The maximum atomic E-state index is 12.7. The summed E-state index contributed by atoms with van der Waals surface area (Å²) in [5.41, 5.74) is 0.887. The molecule has 0 spiro atoms. The molecule has 8 nitrogen and oxygen atoms in total. The number of benzene rings is 2. The normalized spacial score (nSPS) is 14.6. The lowest BCUT2D eigenvalue weighted by Crippen LogP contribution is -2.37. The van der Waals surface area contributed by atoms with E-state index >= 15 is 0 Å². The van der Waals surface area contributed by atoms with Crippen molar-refractivity contribution >= 4 is 34.9 Å². The number of imide groups is 1. The number of methoxy groups -OCH3 is 1. The van der Waals surface area contributed by atoms with Crippen LogP contribution in [0.5, 0.6) is 17.2 Å². The Kier molecular flexibility index (Phi) is 8.47. The number of nitrogens with one attached hydrogen (secondary N) is 1. The van der Waals surface area contributed by atoms with E-state index < -0.39 is 23.7 Å². The molecule has 11 heteroatoms. The average molecular weight is 493 g/mol. The lowest BCUT2D eigenvalue weighted by Gasteiger charge is -2.13. The topological polar surface area (TPSA) is 94.2 Å². The van der Waals surface area contributed by atoms with Crippen LogP contribution in [0.15, 0.2) is 47.4 Å². The zero-order chi connectivity index (χ0) is 24.7. The quantitative estimate of drug-likeness (QED) is 0.498. The van der Waals surface area contributed by atoms with Crippen LogP contribution in [-0.4, -0.2) is 55.4 Å². The first-order valence-corrected chi connectivity index (χ1v) is 11.0. The fourth-order valence-corrected chi connectivity index (χ4v) is 3.93. The van der Waals surface area contributed by atoms with E-state index in [1.807, 2.05) is 6.92 Å². The second kappa shape index (κ2) is 11.5. The van der Waals surface area contributed by atoms with Gasteiger partial charge < -0.3 is 19.5 Å². The van der Waals surface area contributed by atoms with Crippen molar-refractivity contribution in [3.63, 3.8) is 0 Å². The largest absolute Gasteiger partial charge is 0.493 e. The van der Waals surface area contributed by atoms with Gasteiger partial charge >= 0.3 is 6.61 Å². The highest BCUT2D eigenvalue weighted by molar-refractivity contribution is 8.18. The van der Waals surface area contributed by atoms with Crippen LogP contribution in [0.3, 0.4) is 0 Å². The van der Waals surface area contributed by atoms with Gasteiger partial charge in [-0.05, 0) is 66.7 Å². The Hall–Kier alpha value is -3.60. The van der Waals surface area contributed by atoms with Gasteiger partial charge in [0.2, 0.25) is 0 Å². The zero-order valence-electron chi connectivity index (χ0n) is 18.4. The molecule has 0 saturated carbocycles. The van der Waals surface area contributed by atoms with E-state index in [0.717, 1.165) is 16.7 Å². The van der Waals surface area contributed by atoms with Gasteiger partial charge in [-0.1, -0.05) is 6.07 Å². The van der Waals surface area contributed by atoms with Crippen molar-refractivity contribution in [3.05, 3.63) is 58.5 Å². The summed E-state index contributed by atoms with van der Waals surface area (Å²) in [5.74, 6) is 0.0630. The minimum atomic E-state index is -2.96. The van der Waals surface area contributed by atoms with Gasteiger partial charge in [-0.15, -0.1) is 0 Å². The summed E-state index contributed by atoms with van der Waals surface area (Å²) in [7, 11) is 1.51. The van der Waals surface area contributed by atoms with Crippen LogP contribution in [-0.2, 0) is 4.79 Å². The number of thioether (sulfide) groups is 1. The van der Waals surface area contributed by atoms with E-state index in [4.69, 9.17) is 9.47 Å². The fraction of sp³-hybridized carbons (Fsp3) is 0.261. The van der Waals surface area contributed by atoms with Crippen LogP contribution in [0.2, 0.25) is 0 Å². The maximum Gasteiger partial charge on any atom is 0.387 e. The summed E-state index contributed by atoms with van der Waals surface area (Å²) < 4.78 is 39.4. The molecule has 1 fully saturated rings. The molecular formula is C23H22F2N2O6S. The summed E-state index contributed by atoms with van der Waals surface area (Å²) in [5, 5.41) is 2.14. The van der Waals surface area contributed by atoms with Crippen molar-refractivity contribution in [1.29, 1.82) is 0 Å². The standard InChI is InChI=1S/C23H22F2N2O6S/c1-3-32-17-9-4-14(12-18(17)31-2)13-19-21(29)27(23(30)34-19)11-10-26-20(28)15-5-7-16(8-6-15)33-22(24)25/h4-9,12-13,22H,3,10-11H2,1-2H3,(H,26,28)/b19-13-. The van der Waals surface area contributed by atoms with Crippen LogP contribution in [0.25, 0.3) is 6.08 Å². The van der Waals surface area contributed by atoms with Crippen LogP contribution < -0.4 is 19.5 Å². The Morgan fingerprint density at radius 2 is 1.88 bits per heavy atom. The van der Waals surface area contributed by atoms with E-state index in [9.17, 15) is 23.2 Å². The number of hydrogen-bond donors (Lipinski definition) is 1. The Morgan fingerprint density at radius 3 is 2.53 bits per heavy atom. The Balaban J connectivity index is 1.58. The van der Waals surface area contributed by atoms with Gasteiger partial charge in [0, 0.05) is 18.7 Å². The Labute approximate surface area is 198 Å². The molecule has 0 aliphatic carbocycles. The lowest BCUT2D eigenvalue weighted by molar-refractivity contribution is -0.122. The zero-order valence-corrected chi connectivity index (χ0v) is 19.2. The fourth-order valence-electron chi connectivity index (χ4n) is 3.06. The first-order chi connectivity index (χ1) is 16.3. The van der Waals surface area contributed by atoms with Crippen molar-refractivity contribution < 1.29 is 37.4 Å². The van der Waals surface area contributed by atoms with Crippen LogP contribution >= 0.6 is 11.8 Å². The van der Waals surface area contributed by atoms with Gasteiger partial charge in [-0.2, -0.15) is 8.78 Å². The Morgan fingerprint density at radius 1 is 1.15 bits per heavy atom. The molecule has 1 aliphatic rings. The van der Waals surface area contributed by atoms with E-state index in [2.05, 4.69) is 10.1 Å². The van der Waals surface area contributed by atoms with Gasteiger partial charge in [-0.25, -0.2) is 0 Å². The molecule has 0 bridgehead atoms. The molecule has 2 aromatic rings. The SMILES string of the molecule is CCOc1ccc(/C=C2\SC(=O)N(CCNC(=O)c3ccc(OC(F)F)cc3)C2=O)cc1OC. The van der Waals surface area contributed by atoms with Crippen LogP contribution in [0.4, 0.5) is 13.6 Å². The number of amides is 3. The summed E-state index contributed by atoms with van der Waals surface area (Å²) in [6.07, 6.45) is 1.59. The highest BCUT2D eigenvalue weighted by atomic mass is 32.2. The molecule has 3 amide bonds. The second-order valence-corrected chi connectivity index (χ2v) is 7.83. The number of hydrogen-bond acceptors (Lipinski definition) is 7. The van der Waals surface area contributed by atoms with Gasteiger partial charge in [0.05, 0.1) is 18.6 Å². The third kappa shape index (κ3) is 6.25. The number of rotatable bonds is 10. The lowest BCUT2D eigenvalue weighted by atomic mass is 10.2. The minimum absolute atomic E-state index is 0.0209. The highest BCUT2D eigenvalue weighted by Crippen LogP contribution is 2.34. The van der Waals surface area contributed by atoms with E-state index in [-0.39, 0.29) is 29.3 Å². The molecule has 180 valence electrons. The predicted octanol–water partition coefficient (Wildman–Crippen LogP) is 4.16. The Bertz CT molecular complexity index is 1090. The van der Waals surface area contributed by atoms with Crippen LogP contribution in [0, 0.1) is 0 Å². The number of nitrogens with zero attached hydrogens (tertiary/aromatic N) is 1. The predicted molar refractivity (Wildman–Crippen MR) is 122 cm³/mol. The second-order valence-electron chi connectivity index (χ2n) is 6.84. The number of carbonyl (C=O) groups excluding carboxylic acids is 3. The molecule has 0 atom stereocenters. The smallest absolute Gasteiger partial charge is 0.387 e. The summed E-state index contributed by atoms with van der Waals surface area (Å²) in [6, 6.07) is 10.3. The number of alkyl halides is 2. The average Bonchev–Trinajstić information content (AvgIpc) is 3.07.